The van der Waals surface area contributed by atoms with E-state index in [1.165, 1.54) is 60.8 Å². The topological polar surface area (TPSA) is 23.6 Å². The molecule has 31 heavy (non-hydrogen) atoms. The lowest BCUT2D eigenvalue weighted by atomic mass is 9.73. The summed E-state index contributed by atoms with van der Waals surface area (Å²) in [7, 11) is 0. The molecule has 0 unspecified atom stereocenters. The molecule has 0 aromatic heterocycles. The molecule has 0 radical (unpaired) electrons. The predicted molar refractivity (Wildman–Crippen MR) is 130 cm³/mol. The van der Waals surface area contributed by atoms with E-state index in [-0.39, 0.29) is 5.41 Å². The summed E-state index contributed by atoms with van der Waals surface area (Å²) in [6.07, 6.45) is 9.54. The van der Waals surface area contributed by atoms with Gasteiger partial charge in [-0.05, 0) is 61.6 Å². The molecule has 0 N–H and O–H groups in total. The fraction of sp³-hybridized carbons (Fsp3) is 0.607. The maximum atomic E-state index is 13.7. The first kappa shape index (κ1) is 21.0. The summed E-state index contributed by atoms with van der Waals surface area (Å²) < 4.78 is 0. The second-order valence-corrected chi connectivity index (χ2v) is 10.2. The van der Waals surface area contributed by atoms with Crippen molar-refractivity contribution in [2.24, 2.45) is 5.92 Å². The largest absolute Gasteiger partial charge is 0.370 e. The fourth-order valence-corrected chi connectivity index (χ4v) is 6.55. The first-order valence-electron chi connectivity index (χ1n) is 12.8. The zero-order chi connectivity index (χ0) is 21.4. The monoisotopic (exact) mass is 418 g/mol. The number of rotatable bonds is 7. The average Bonchev–Trinajstić information content (AvgIpc) is 2.90. The van der Waals surface area contributed by atoms with Crippen LogP contribution < -0.4 is 4.90 Å². The maximum Gasteiger partial charge on any atom is 0.174 e. The van der Waals surface area contributed by atoms with Crippen LogP contribution in [0.25, 0.3) is 10.8 Å². The quantitative estimate of drug-likeness (QED) is 0.536. The Labute approximate surface area is 187 Å². The number of Topliss-reactive ketones (excluding diaryl/α,β-unsaturated/α-hetero) is 1. The standard InChI is InChI=1S/C28H38N2O/c1-3-14-28(15-4-2)24-12-13-25(22-10-6-11-23(26(22)24)27(28)31)30-17-7-16-29(18-19-30)20-21-8-5-9-21/h6,10-13,21H,3-5,7-9,14-20H2,1-2H3. The Morgan fingerprint density at radius 2 is 1.74 bits per heavy atom. The molecule has 5 rings (SSSR count). The first-order chi connectivity index (χ1) is 15.2. The Balaban J connectivity index is 1.48. The third kappa shape index (κ3) is 3.50. The summed E-state index contributed by atoms with van der Waals surface area (Å²) in [4.78, 5) is 19.0. The Hall–Kier alpha value is -1.87. The molecule has 2 aromatic carbocycles. The van der Waals surface area contributed by atoms with Crippen LogP contribution in [0.2, 0.25) is 0 Å². The van der Waals surface area contributed by atoms with Crippen LogP contribution in [0.4, 0.5) is 5.69 Å². The summed E-state index contributed by atoms with van der Waals surface area (Å²) in [6.45, 7) is 10.3. The molecule has 3 nitrogen and oxygen atoms in total. The third-order valence-electron chi connectivity index (χ3n) is 8.24. The van der Waals surface area contributed by atoms with Gasteiger partial charge in [0, 0.05) is 42.8 Å². The summed E-state index contributed by atoms with van der Waals surface area (Å²) in [5.41, 5.74) is 3.31. The molecular weight excluding hydrogens is 380 g/mol. The van der Waals surface area contributed by atoms with Crippen molar-refractivity contribution in [2.45, 2.75) is 70.6 Å². The molecular formula is C28H38N2O. The molecule has 0 atom stereocenters. The van der Waals surface area contributed by atoms with Gasteiger partial charge >= 0.3 is 0 Å². The molecule has 3 aliphatic rings. The second kappa shape index (κ2) is 8.58. The van der Waals surface area contributed by atoms with Gasteiger partial charge in [-0.1, -0.05) is 57.4 Å². The summed E-state index contributed by atoms with van der Waals surface area (Å²) in [5, 5.41) is 2.55. The fourth-order valence-electron chi connectivity index (χ4n) is 6.55. The molecule has 1 saturated carbocycles. The van der Waals surface area contributed by atoms with Crippen molar-refractivity contribution in [1.82, 2.24) is 4.90 Å². The van der Waals surface area contributed by atoms with Crippen LogP contribution in [0.15, 0.2) is 30.3 Å². The number of benzene rings is 2. The molecule has 1 heterocycles. The van der Waals surface area contributed by atoms with Crippen LogP contribution >= 0.6 is 0 Å². The molecule has 2 fully saturated rings. The Bertz CT molecular complexity index is 955. The lowest BCUT2D eigenvalue weighted by Crippen LogP contribution is -2.35. The Kier molecular flexibility index (Phi) is 5.81. The van der Waals surface area contributed by atoms with E-state index in [0.29, 0.717) is 5.78 Å². The van der Waals surface area contributed by atoms with Gasteiger partial charge < -0.3 is 9.80 Å². The minimum atomic E-state index is -0.303. The van der Waals surface area contributed by atoms with Crippen molar-refractivity contribution in [3.05, 3.63) is 41.5 Å². The number of ketones is 1. The van der Waals surface area contributed by atoms with Crippen LogP contribution in [0.5, 0.6) is 0 Å². The summed E-state index contributed by atoms with van der Waals surface area (Å²) in [5.74, 6) is 1.32. The number of hydrogen-bond donors (Lipinski definition) is 0. The minimum Gasteiger partial charge on any atom is -0.370 e. The van der Waals surface area contributed by atoms with Crippen molar-refractivity contribution < 1.29 is 4.79 Å². The van der Waals surface area contributed by atoms with Crippen LogP contribution in [0.3, 0.4) is 0 Å². The van der Waals surface area contributed by atoms with Crippen LogP contribution in [0.1, 0.15) is 81.1 Å². The van der Waals surface area contributed by atoms with Gasteiger partial charge in [0.2, 0.25) is 0 Å². The lowest BCUT2D eigenvalue weighted by Gasteiger charge is -2.32. The highest BCUT2D eigenvalue weighted by atomic mass is 16.1. The van der Waals surface area contributed by atoms with E-state index < -0.39 is 0 Å². The zero-order valence-electron chi connectivity index (χ0n) is 19.5. The summed E-state index contributed by atoms with van der Waals surface area (Å²) >= 11 is 0. The third-order valence-corrected chi connectivity index (χ3v) is 8.24. The van der Waals surface area contributed by atoms with E-state index >= 15 is 0 Å². The Morgan fingerprint density at radius 1 is 0.935 bits per heavy atom. The minimum absolute atomic E-state index is 0.303. The molecule has 0 spiro atoms. The lowest BCUT2D eigenvalue weighted by molar-refractivity contribution is 0.0874. The van der Waals surface area contributed by atoms with E-state index in [9.17, 15) is 4.79 Å². The van der Waals surface area contributed by atoms with Gasteiger partial charge in [0.05, 0.1) is 5.41 Å². The molecule has 2 aromatic rings. The van der Waals surface area contributed by atoms with E-state index in [4.69, 9.17) is 0 Å². The van der Waals surface area contributed by atoms with Gasteiger partial charge in [-0.2, -0.15) is 0 Å². The van der Waals surface area contributed by atoms with Crippen molar-refractivity contribution in [2.75, 3.05) is 37.6 Å². The van der Waals surface area contributed by atoms with Crippen molar-refractivity contribution in [3.8, 4) is 0 Å². The average molecular weight is 419 g/mol. The highest BCUT2D eigenvalue weighted by Gasteiger charge is 2.46. The molecule has 2 aliphatic carbocycles. The smallest absolute Gasteiger partial charge is 0.174 e. The van der Waals surface area contributed by atoms with Gasteiger partial charge in [-0.3, -0.25) is 4.79 Å². The highest BCUT2D eigenvalue weighted by molar-refractivity contribution is 6.22. The van der Waals surface area contributed by atoms with Crippen molar-refractivity contribution in [3.63, 3.8) is 0 Å². The molecule has 0 amide bonds. The number of hydrogen-bond acceptors (Lipinski definition) is 3. The second-order valence-electron chi connectivity index (χ2n) is 10.2. The zero-order valence-corrected chi connectivity index (χ0v) is 19.5. The Morgan fingerprint density at radius 3 is 2.45 bits per heavy atom. The maximum absolute atomic E-state index is 13.7. The first-order valence-corrected chi connectivity index (χ1v) is 12.8. The summed E-state index contributed by atoms with van der Waals surface area (Å²) in [6, 6.07) is 11.1. The van der Waals surface area contributed by atoms with Crippen LogP contribution in [-0.4, -0.2) is 43.4 Å². The molecule has 3 heteroatoms. The number of carbonyl (C=O) groups is 1. The SMILES string of the molecule is CCCC1(CCC)C(=O)c2cccc3c(N4CCCN(CC5CCC5)CC4)ccc1c23. The van der Waals surface area contributed by atoms with E-state index in [1.807, 2.05) is 0 Å². The van der Waals surface area contributed by atoms with E-state index in [0.717, 1.165) is 56.8 Å². The van der Waals surface area contributed by atoms with Gasteiger partial charge in [0.25, 0.3) is 0 Å². The van der Waals surface area contributed by atoms with Gasteiger partial charge in [0.1, 0.15) is 0 Å². The van der Waals surface area contributed by atoms with Crippen LogP contribution in [-0.2, 0) is 5.41 Å². The number of carbonyl (C=O) groups excluding carboxylic acids is 1. The van der Waals surface area contributed by atoms with Crippen LogP contribution in [0, 0.1) is 5.92 Å². The number of nitrogens with zero attached hydrogens (tertiary/aromatic N) is 2. The molecule has 1 aliphatic heterocycles. The molecule has 1 saturated heterocycles. The molecule has 166 valence electrons. The normalized spacial score (nSPS) is 21.5. The van der Waals surface area contributed by atoms with E-state index in [1.54, 1.807) is 0 Å². The van der Waals surface area contributed by atoms with Crippen molar-refractivity contribution in [1.29, 1.82) is 0 Å². The van der Waals surface area contributed by atoms with Crippen molar-refractivity contribution >= 4 is 22.2 Å². The van der Waals surface area contributed by atoms with E-state index in [2.05, 4.69) is 54.0 Å². The van der Waals surface area contributed by atoms with Gasteiger partial charge in [-0.25, -0.2) is 0 Å². The number of anilines is 1. The molecule has 0 bridgehead atoms. The van der Waals surface area contributed by atoms with Gasteiger partial charge in [0.15, 0.2) is 5.78 Å². The highest BCUT2D eigenvalue weighted by Crippen LogP contribution is 2.49. The predicted octanol–water partition coefficient (Wildman–Crippen LogP) is 6.19. The van der Waals surface area contributed by atoms with Gasteiger partial charge in [-0.15, -0.1) is 0 Å².